The fourth-order valence-corrected chi connectivity index (χ4v) is 4.71. The first-order chi connectivity index (χ1) is 15.1. The third-order valence-corrected chi connectivity index (χ3v) is 6.55. The first-order valence-electron chi connectivity index (χ1n) is 10.0. The highest BCUT2D eigenvalue weighted by molar-refractivity contribution is 7.19. The second-order valence-corrected chi connectivity index (χ2v) is 9.14. The zero-order valence-corrected chi connectivity index (χ0v) is 18.1. The summed E-state index contributed by atoms with van der Waals surface area (Å²) in [6.07, 6.45) is 2.53. The summed E-state index contributed by atoms with van der Waals surface area (Å²) < 4.78 is 0.707. The zero-order valence-electron chi connectivity index (χ0n) is 16.5. The van der Waals surface area contributed by atoms with E-state index in [4.69, 9.17) is 11.6 Å². The lowest BCUT2D eigenvalue weighted by atomic mass is 10.1. The number of hydrogen-bond donors (Lipinski definition) is 2. The van der Waals surface area contributed by atoms with Crippen molar-refractivity contribution in [2.24, 2.45) is 0 Å². The number of hydrogen-bond acceptors (Lipinski definition) is 4. The van der Waals surface area contributed by atoms with Gasteiger partial charge in [-0.05, 0) is 67.4 Å². The lowest BCUT2D eigenvalue weighted by molar-refractivity contribution is -0.119. The summed E-state index contributed by atoms with van der Waals surface area (Å²) in [5.41, 5.74) is 3.68. The number of H-pyrrole nitrogens is 1. The molecule has 0 bridgehead atoms. The molecule has 31 heavy (non-hydrogen) atoms. The van der Waals surface area contributed by atoms with Crippen molar-refractivity contribution in [1.82, 2.24) is 9.97 Å². The number of benzene rings is 2. The molecule has 2 N–H and O–H groups in total. The molecule has 0 saturated carbocycles. The number of aromatic amines is 1. The van der Waals surface area contributed by atoms with Gasteiger partial charge in [-0.15, -0.1) is 11.3 Å². The van der Waals surface area contributed by atoms with Crippen molar-refractivity contribution in [3.63, 3.8) is 0 Å². The number of rotatable bonds is 4. The maximum Gasteiger partial charge on any atom is 0.255 e. The number of imidazole rings is 1. The number of anilines is 2. The summed E-state index contributed by atoms with van der Waals surface area (Å²) in [5, 5.41) is 2.93. The topological polar surface area (TPSA) is 78.1 Å². The number of nitrogens with one attached hydrogen (secondary N) is 2. The first kappa shape index (κ1) is 19.8. The first-order valence-corrected chi connectivity index (χ1v) is 11.2. The van der Waals surface area contributed by atoms with Crippen LogP contribution in [0.3, 0.4) is 0 Å². The Labute approximate surface area is 187 Å². The van der Waals surface area contributed by atoms with Crippen molar-refractivity contribution < 1.29 is 9.59 Å². The minimum atomic E-state index is -0.208. The molecule has 0 radical (unpaired) electrons. The van der Waals surface area contributed by atoms with Crippen LogP contribution in [0.15, 0.2) is 54.6 Å². The predicted octanol–water partition coefficient (Wildman–Crippen LogP) is 5.71. The zero-order chi connectivity index (χ0) is 21.4. The molecule has 5 rings (SSSR count). The maximum atomic E-state index is 12.7. The van der Waals surface area contributed by atoms with Gasteiger partial charge in [-0.25, -0.2) is 4.98 Å². The van der Waals surface area contributed by atoms with E-state index in [0.717, 1.165) is 46.8 Å². The molecule has 3 heterocycles. The van der Waals surface area contributed by atoms with E-state index in [9.17, 15) is 9.59 Å². The fraction of sp³-hybridized carbons (Fsp3) is 0.174. The number of carbonyl (C=O) groups is 2. The monoisotopic (exact) mass is 450 g/mol. The summed E-state index contributed by atoms with van der Waals surface area (Å²) >= 11 is 7.48. The Balaban J connectivity index is 1.32. The lowest BCUT2D eigenvalue weighted by Gasteiger charge is -2.26. The van der Waals surface area contributed by atoms with E-state index in [2.05, 4.69) is 15.3 Å². The van der Waals surface area contributed by atoms with E-state index >= 15 is 0 Å². The number of carbonyl (C=O) groups excluding carboxylic acids is 2. The number of halogens is 1. The molecule has 2 aromatic carbocycles. The van der Waals surface area contributed by atoms with Crippen LogP contribution in [0, 0.1) is 0 Å². The number of nitrogens with zero attached hydrogens (tertiary/aromatic N) is 2. The van der Waals surface area contributed by atoms with Crippen LogP contribution in [-0.2, 0) is 4.79 Å². The molecule has 1 aliphatic heterocycles. The van der Waals surface area contributed by atoms with Crippen molar-refractivity contribution in [2.45, 2.75) is 19.3 Å². The minimum absolute atomic E-state index is 0.139. The third-order valence-electron chi connectivity index (χ3n) is 5.31. The van der Waals surface area contributed by atoms with Crippen LogP contribution >= 0.6 is 22.9 Å². The fourth-order valence-electron chi connectivity index (χ4n) is 3.72. The van der Waals surface area contributed by atoms with Gasteiger partial charge in [-0.3, -0.25) is 9.59 Å². The SMILES string of the molecule is O=C(Nc1ccc2nc(-c3ccc(Cl)s3)[nH]c2c1)c1ccc(N2CCCCC2=O)cc1. The molecule has 156 valence electrons. The molecule has 0 spiro atoms. The van der Waals surface area contributed by atoms with Gasteiger partial charge in [0.15, 0.2) is 0 Å². The number of piperidine rings is 1. The minimum Gasteiger partial charge on any atom is -0.337 e. The van der Waals surface area contributed by atoms with Crippen molar-refractivity contribution in [3.8, 4) is 10.7 Å². The Morgan fingerprint density at radius 2 is 1.94 bits per heavy atom. The molecule has 2 aromatic heterocycles. The lowest BCUT2D eigenvalue weighted by Crippen LogP contribution is -2.35. The summed E-state index contributed by atoms with van der Waals surface area (Å²) in [6.45, 7) is 0.730. The van der Waals surface area contributed by atoms with Gasteiger partial charge in [-0.2, -0.15) is 0 Å². The second-order valence-electron chi connectivity index (χ2n) is 7.42. The molecule has 4 aromatic rings. The van der Waals surface area contributed by atoms with Gasteiger partial charge >= 0.3 is 0 Å². The Hall–Kier alpha value is -3.16. The maximum absolute atomic E-state index is 12.7. The van der Waals surface area contributed by atoms with Crippen LogP contribution in [-0.4, -0.2) is 28.3 Å². The standard InChI is InChI=1S/C23H19ClN4O2S/c24-20-11-10-19(31-20)22-26-17-9-6-15(13-18(17)27-22)25-23(30)14-4-7-16(8-5-14)28-12-2-1-3-21(28)29/h4-11,13H,1-3,12H2,(H,25,30)(H,26,27). The van der Waals surface area contributed by atoms with Crippen molar-refractivity contribution in [1.29, 1.82) is 0 Å². The van der Waals surface area contributed by atoms with E-state index in [1.807, 2.05) is 42.5 Å². The van der Waals surface area contributed by atoms with Gasteiger partial charge in [0.05, 0.1) is 20.2 Å². The highest BCUT2D eigenvalue weighted by Gasteiger charge is 2.19. The second kappa shape index (κ2) is 8.17. The molecule has 8 heteroatoms. The summed E-state index contributed by atoms with van der Waals surface area (Å²) in [4.78, 5) is 35.4. The molecule has 6 nitrogen and oxygen atoms in total. The highest BCUT2D eigenvalue weighted by atomic mass is 35.5. The molecular formula is C23H19ClN4O2S. The van der Waals surface area contributed by atoms with Gasteiger partial charge in [0, 0.05) is 29.9 Å². The van der Waals surface area contributed by atoms with E-state index in [1.54, 1.807) is 17.0 Å². The predicted molar refractivity (Wildman–Crippen MR) is 125 cm³/mol. The Morgan fingerprint density at radius 1 is 1.10 bits per heavy atom. The van der Waals surface area contributed by atoms with Gasteiger partial charge < -0.3 is 15.2 Å². The highest BCUT2D eigenvalue weighted by Crippen LogP contribution is 2.31. The number of amides is 2. The largest absolute Gasteiger partial charge is 0.337 e. The molecule has 1 saturated heterocycles. The van der Waals surface area contributed by atoms with Gasteiger partial charge in [0.1, 0.15) is 5.82 Å². The van der Waals surface area contributed by atoms with E-state index < -0.39 is 0 Å². The normalized spacial score (nSPS) is 14.2. The molecule has 1 fully saturated rings. The van der Waals surface area contributed by atoms with Crippen LogP contribution in [0.25, 0.3) is 21.7 Å². The molecular weight excluding hydrogens is 432 g/mol. The van der Waals surface area contributed by atoms with Gasteiger partial charge in [0.25, 0.3) is 5.91 Å². The van der Waals surface area contributed by atoms with Crippen LogP contribution in [0.4, 0.5) is 11.4 Å². The molecule has 1 aliphatic rings. The van der Waals surface area contributed by atoms with Crippen LogP contribution in [0.5, 0.6) is 0 Å². The van der Waals surface area contributed by atoms with Crippen molar-refractivity contribution >= 4 is 57.2 Å². The molecule has 0 atom stereocenters. The van der Waals surface area contributed by atoms with Gasteiger partial charge in [0.2, 0.25) is 5.91 Å². The van der Waals surface area contributed by atoms with Crippen molar-refractivity contribution in [3.05, 3.63) is 64.5 Å². The number of aromatic nitrogens is 2. The summed E-state index contributed by atoms with van der Waals surface area (Å²) in [5.74, 6) is 0.680. The van der Waals surface area contributed by atoms with E-state index in [-0.39, 0.29) is 11.8 Å². The molecule has 0 unspecified atom stereocenters. The van der Waals surface area contributed by atoms with Crippen LogP contribution < -0.4 is 10.2 Å². The Morgan fingerprint density at radius 3 is 2.68 bits per heavy atom. The molecule has 2 amide bonds. The quantitative estimate of drug-likeness (QED) is 0.417. The summed E-state index contributed by atoms with van der Waals surface area (Å²) in [7, 11) is 0. The van der Waals surface area contributed by atoms with Crippen molar-refractivity contribution in [2.75, 3.05) is 16.8 Å². The van der Waals surface area contributed by atoms with Crippen LogP contribution in [0.2, 0.25) is 4.34 Å². The third kappa shape index (κ3) is 4.06. The summed E-state index contributed by atoms with van der Waals surface area (Å²) in [6, 6.07) is 16.5. The Bertz CT molecular complexity index is 1280. The van der Waals surface area contributed by atoms with Crippen LogP contribution in [0.1, 0.15) is 29.6 Å². The Kier molecular flexibility index (Phi) is 5.21. The van der Waals surface area contributed by atoms with E-state index in [0.29, 0.717) is 22.0 Å². The average molecular weight is 451 g/mol. The van der Waals surface area contributed by atoms with Gasteiger partial charge in [-0.1, -0.05) is 11.6 Å². The average Bonchev–Trinajstić information content (AvgIpc) is 3.40. The number of thiophene rings is 1. The smallest absolute Gasteiger partial charge is 0.255 e. The number of fused-ring (bicyclic) bond motifs is 1. The van der Waals surface area contributed by atoms with E-state index in [1.165, 1.54) is 11.3 Å². The molecule has 0 aliphatic carbocycles.